The van der Waals surface area contributed by atoms with E-state index >= 15 is 0 Å². The molecule has 18 heavy (non-hydrogen) atoms. The lowest BCUT2D eigenvalue weighted by Crippen LogP contribution is -2.39. The summed E-state index contributed by atoms with van der Waals surface area (Å²) in [6.45, 7) is 8.62. The highest BCUT2D eigenvalue weighted by molar-refractivity contribution is 7.89. The van der Waals surface area contributed by atoms with Crippen LogP contribution in [0.1, 0.15) is 32.6 Å². The third kappa shape index (κ3) is 3.32. The van der Waals surface area contributed by atoms with E-state index in [2.05, 4.69) is 0 Å². The van der Waals surface area contributed by atoms with Crippen LogP contribution in [-0.4, -0.2) is 25.3 Å². The van der Waals surface area contributed by atoms with Gasteiger partial charge in [0.05, 0.1) is 4.90 Å². The van der Waals surface area contributed by atoms with Crippen molar-refractivity contribution in [1.82, 2.24) is 4.31 Å². The standard InChI is InChI=1S/C12H22N2O2S2/c1-9(2)8-14(10(3)4)18(15,16)12-5-6-17-11(12)7-13/h5-6,9-10H,7-8,13H2,1-4H3. The monoisotopic (exact) mass is 290 g/mol. The van der Waals surface area contributed by atoms with Crippen LogP contribution in [0.3, 0.4) is 0 Å². The third-order valence-electron chi connectivity index (χ3n) is 2.60. The van der Waals surface area contributed by atoms with Gasteiger partial charge in [0, 0.05) is 24.0 Å². The lowest BCUT2D eigenvalue weighted by molar-refractivity contribution is 0.319. The Kier molecular flexibility index (Phi) is 5.33. The minimum atomic E-state index is -3.43. The summed E-state index contributed by atoms with van der Waals surface area (Å²) in [5, 5.41) is 1.78. The minimum Gasteiger partial charge on any atom is -0.326 e. The van der Waals surface area contributed by atoms with Gasteiger partial charge in [-0.25, -0.2) is 8.42 Å². The molecule has 0 unspecified atom stereocenters. The molecule has 104 valence electrons. The van der Waals surface area contributed by atoms with Crippen molar-refractivity contribution < 1.29 is 8.42 Å². The molecule has 1 rings (SSSR count). The van der Waals surface area contributed by atoms with Crippen molar-refractivity contribution in [3.05, 3.63) is 16.3 Å². The highest BCUT2D eigenvalue weighted by Crippen LogP contribution is 2.26. The van der Waals surface area contributed by atoms with Crippen molar-refractivity contribution in [3.8, 4) is 0 Å². The van der Waals surface area contributed by atoms with E-state index in [-0.39, 0.29) is 12.6 Å². The fraction of sp³-hybridized carbons (Fsp3) is 0.667. The van der Waals surface area contributed by atoms with Crippen LogP contribution in [0.5, 0.6) is 0 Å². The quantitative estimate of drug-likeness (QED) is 0.874. The second-order valence-electron chi connectivity index (χ2n) is 4.97. The van der Waals surface area contributed by atoms with Crippen LogP contribution in [0.2, 0.25) is 0 Å². The molecule has 0 saturated heterocycles. The lowest BCUT2D eigenvalue weighted by Gasteiger charge is -2.27. The minimum absolute atomic E-state index is 0.0528. The van der Waals surface area contributed by atoms with Crippen molar-refractivity contribution in [2.45, 2.75) is 45.2 Å². The molecule has 0 aliphatic heterocycles. The summed E-state index contributed by atoms with van der Waals surface area (Å²) < 4.78 is 26.8. The maximum Gasteiger partial charge on any atom is 0.244 e. The van der Waals surface area contributed by atoms with Gasteiger partial charge in [0.15, 0.2) is 0 Å². The maximum absolute atomic E-state index is 12.6. The van der Waals surface area contributed by atoms with Crippen LogP contribution in [0, 0.1) is 5.92 Å². The fourth-order valence-electron chi connectivity index (χ4n) is 1.78. The molecule has 1 heterocycles. The van der Waals surface area contributed by atoms with E-state index in [0.717, 1.165) is 4.88 Å². The molecule has 0 atom stereocenters. The first-order chi connectivity index (χ1) is 8.30. The molecule has 0 spiro atoms. The largest absolute Gasteiger partial charge is 0.326 e. The maximum atomic E-state index is 12.6. The second-order valence-corrected chi connectivity index (χ2v) is 7.83. The average molecular weight is 290 g/mol. The van der Waals surface area contributed by atoms with E-state index < -0.39 is 10.0 Å². The van der Waals surface area contributed by atoms with Crippen molar-refractivity contribution in [3.63, 3.8) is 0 Å². The predicted molar refractivity (Wildman–Crippen MR) is 76.1 cm³/mol. The molecule has 1 aromatic heterocycles. The number of hydrogen-bond donors (Lipinski definition) is 1. The number of thiophene rings is 1. The molecule has 0 fully saturated rings. The van der Waals surface area contributed by atoms with Gasteiger partial charge in [0.2, 0.25) is 10.0 Å². The Morgan fingerprint density at radius 3 is 2.39 bits per heavy atom. The van der Waals surface area contributed by atoms with Crippen LogP contribution < -0.4 is 5.73 Å². The zero-order chi connectivity index (χ0) is 13.9. The van der Waals surface area contributed by atoms with Gasteiger partial charge < -0.3 is 5.73 Å². The average Bonchev–Trinajstić information content (AvgIpc) is 2.73. The molecule has 0 aliphatic carbocycles. The summed E-state index contributed by atoms with van der Waals surface area (Å²) in [5.41, 5.74) is 5.60. The number of hydrogen-bond acceptors (Lipinski definition) is 4. The molecule has 0 aliphatic rings. The smallest absolute Gasteiger partial charge is 0.244 e. The molecule has 6 heteroatoms. The van der Waals surface area contributed by atoms with E-state index in [0.29, 0.717) is 17.4 Å². The number of nitrogens with two attached hydrogens (primary N) is 1. The molecule has 1 aromatic rings. The van der Waals surface area contributed by atoms with Gasteiger partial charge in [-0.15, -0.1) is 11.3 Å². The zero-order valence-corrected chi connectivity index (χ0v) is 13.0. The summed E-state index contributed by atoms with van der Waals surface area (Å²) >= 11 is 1.39. The second kappa shape index (κ2) is 6.14. The molecule has 0 amide bonds. The molecular formula is C12H22N2O2S2. The van der Waals surface area contributed by atoms with Gasteiger partial charge in [-0.3, -0.25) is 0 Å². The molecule has 0 radical (unpaired) electrons. The van der Waals surface area contributed by atoms with Gasteiger partial charge in [0.1, 0.15) is 0 Å². The highest BCUT2D eigenvalue weighted by atomic mass is 32.2. The van der Waals surface area contributed by atoms with E-state index in [1.807, 2.05) is 27.7 Å². The van der Waals surface area contributed by atoms with Crippen molar-refractivity contribution in [2.24, 2.45) is 11.7 Å². The van der Waals surface area contributed by atoms with Crippen LogP contribution in [-0.2, 0) is 16.6 Å². The molecule has 0 aromatic carbocycles. The Hall–Kier alpha value is -0.430. The van der Waals surface area contributed by atoms with E-state index in [1.54, 1.807) is 15.8 Å². The molecule has 0 saturated carbocycles. The summed E-state index contributed by atoms with van der Waals surface area (Å²) in [7, 11) is -3.43. The SMILES string of the molecule is CC(C)CN(C(C)C)S(=O)(=O)c1ccsc1CN. The van der Waals surface area contributed by atoms with Gasteiger partial charge in [0.25, 0.3) is 0 Å². The van der Waals surface area contributed by atoms with E-state index in [1.165, 1.54) is 11.3 Å². The number of nitrogens with zero attached hydrogens (tertiary/aromatic N) is 1. The van der Waals surface area contributed by atoms with Crippen molar-refractivity contribution in [2.75, 3.05) is 6.54 Å². The first-order valence-electron chi connectivity index (χ1n) is 6.09. The fourth-order valence-corrected chi connectivity index (χ4v) is 4.89. The van der Waals surface area contributed by atoms with Gasteiger partial charge in [-0.1, -0.05) is 13.8 Å². The Balaban J connectivity index is 3.17. The van der Waals surface area contributed by atoms with Crippen molar-refractivity contribution >= 4 is 21.4 Å². The Labute approximate surface area is 114 Å². The summed E-state index contributed by atoms with van der Waals surface area (Å²) in [6.07, 6.45) is 0. The van der Waals surface area contributed by atoms with Crippen LogP contribution in [0.4, 0.5) is 0 Å². The number of rotatable bonds is 6. The predicted octanol–water partition coefficient (Wildman–Crippen LogP) is 2.26. The van der Waals surface area contributed by atoms with Crippen LogP contribution in [0.15, 0.2) is 16.3 Å². The van der Waals surface area contributed by atoms with E-state index in [4.69, 9.17) is 5.73 Å². The normalized spacial score (nSPS) is 12.9. The topological polar surface area (TPSA) is 63.4 Å². The highest BCUT2D eigenvalue weighted by Gasteiger charge is 2.29. The van der Waals surface area contributed by atoms with Gasteiger partial charge in [-0.05, 0) is 31.2 Å². The summed E-state index contributed by atoms with van der Waals surface area (Å²) in [4.78, 5) is 1.09. The Morgan fingerprint density at radius 1 is 1.33 bits per heavy atom. The Bertz CT molecular complexity index is 478. The summed E-state index contributed by atoms with van der Waals surface area (Å²) in [6, 6.07) is 1.60. The third-order valence-corrected chi connectivity index (χ3v) is 5.80. The number of sulfonamides is 1. The van der Waals surface area contributed by atoms with Crippen LogP contribution >= 0.6 is 11.3 Å². The van der Waals surface area contributed by atoms with E-state index in [9.17, 15) is 8.42 Å². The summed E-state index contributed by atoms with van der Waals surface area (Å²) in [5.74, 6) is 0.294. The first-order valence-corrected chi connectivity index (χ1v) is 8.41. The Morgan fingerprint density at radius 2 is 1.94 bits per heavy atom. The zero-order valence-electron chi connectivity index (χ0n) is 11.4. The molecular weight excluding hydrogens is 268 g/mol. The van der Waals surface area contributed by atoms with Gasteiger partial charge >= 0.3 is 0 Å². The lowest BCUT2D eigenvalue weighted by atomic mass is 10.2. The molecule has 4 nitrogen and oxygen atoms in total. The van der Waals surface area contributed by atoms with Crippen molar-refractivity contribution in [1.29, 1.82) is 0 Å². The molecule has 0 bridgehead atoms. The first kappa shape index (κ1) is 15.6. The molecule has 2 N–H and O–H groups in total. The van der Waals surface area contributed by atoms with Crippen LogP contribution in [0.25, 0.3) is 0 Å². The van der Waals surface area contributed by atoms with Gasteiger partial charge in [-0.2, -0.15) is 4.31 Å².